The molecule has 1 heterocycles. The van der Waals surface area contributed by atoms with Crippen molar-refractivity contribution in [1.29, 1.82) is 0 Å². The minimum absolute atomic E-state index is 0.143. The van der Waals surface area contributed by atoms with Gasteiger partial charge in [0.1, 0.15) is 18.1 Å². The highest BCUT2D eigenvalue weighted by Gasteiger charge is 2.65. The van der Waals surface area contributed by atoms with Crippen molar-refractivity contribution in [3.8, 4) is 0 Å². The molecular formula is C13H22N4O9S. The van der Waals surface area contributed by atoms with Gasteiger partial charge < -0.3 is 26.2 Å². The Morgan fingerprint density at radius 2 is 1.96 bits per heavy atom. The number of aliphatic carboxylic acids is 1. The number of rotatable bonds is 9. The van der Waals surface area contributed by atoms with Gasteiger partial charge >= 0.3 is 16.3 Å². The van der Waals surface area contributed by atoms with Gasteiger partial charge in [-0.05, 0) is 20.3 Å². The van der Waals surface area contributed by atoms with Crippen LogP contribution in [-0.2, 0) is 34.2 Å². The number of nitrogens with two attached hydrogens (primary N) is 1. The Morgan fingerprint density at radius 1 is 1.41 bits per heavy atom. The number of carboxylic acid groups (broad SMARTS) is 1. The first kappa shape index (κ1) is 22.8. The molecule has 1 fully saturated rings. The van der Waals surface area contributed by atoms with E-state index in [1.54, 1.807) is 0 Å². The van der Waals surface area contributed by atoms with Gasteiger partial charge in [-0.1, -0.05) is 0 Å². The molecule has 0 aromatic rings. The molecule has 1 aliphatic rings. The summed E-state index contributed by atoms with van der Waals surface area (Å²) in [5.74, 6) is -3.97. The molecule has 0 aromatic carbocycles. The molecule has 0 bridgehead atoms. The maximum atomic E-state index is 12.2. The fourth-order valence-corrected chi connectivity index (χ4v) is 3.36. The zero-order valence-electron chi connectivity index (χ0n) is 14.8. The van der Waals surface area contributed by atoms with E-state index in [9.17, 15) is 27.6 Å². The molecule has 0 unspecified atom stereocenters. The first-order chi connectivity index (χ1) is 12.3. The van der Waals surface area contributed by atoms with Crippen LogP contribution in [0, 0.1) is 0 Å². The van der Waals surface area contributed by atoms with E-state index in [0.717, 1.165) is 7.11 Å². The average molecular weight is 410 g/mol. The second-order valence-electron chi connectivity index (χ2n) is 5.96. The molecule has 154 valence electrons. The molecule has 0 spiro atoms. The van der Waals surface area contributed by atoms with Crippen LogP contribution in [0.5, 0.6) is 0 Å². The summed E-state index contributed by atoms with van der Waals surface area (Å²) in [4.78, 5) is 46.7. The molecule has 0 aromatic heterocycles. The summed E-state index contributed by atoms with van der Waals surface area (Å²) in [5.41, 5.74) is 3.26. The van der Waals surface area contributed by atoms with Gasteiger partial charge in [0.15, 0.2) is 0 Å². The Morgan fingerprint density at radius 3 is 2.37 bits per heavy atom. The van der Waals surface area contributed by atoms with Crippen LogP contribution >= 0.6 is 0 Å². The van der Waals surface area contributed by atoms with Crippen molar-refractivity contribution >= 4 is 34.0 Å². The van der Waals surface area contributed by atoms with Crippen molar-refractivity contribution in [1.82, 2.24) is 14.9 Å². The maximum Gasteiger partial charge on any atom is 0.362 e. The third kappa shape index (κ3) is 4.71. The molecule has 13 nitrogen and oxygen atoms in total. The van der Waals surface area contributed by atoms with Gasteiger partial charge in [0.25, 0.3) is 5.91 Å². The molecule has 4 atom stereocenters. The predicted molar refractivity (Wildman–Crippen MR) is 88.2 cm³/mol. The largest absolute Gasteiger partial charge is 0.480 e. The Kier molecular flexibility index (Phi) is 6.88. The SMILES string of the molecule is CO[C@@]1(NC(=O)[C@@H](C)NC(=O)CC[C@H](N)C(=O)O)C(=O)N(S(=O)(=O)O)[C@@H]1C. The quantitative estimate of drug-likeness (QED) is 0.150. The van der Waals surface area contributed by atoms with Crippen LogP contribution in [0.3, 0.4) is 0 Å². The van der Waals surface area contributed by atoms with Crippen LogP contribution in [-0.4, -0.2) is 77.0 Å². The number of ether oxygens (including phenoxy) is 1. The minimum atomic E-state index is -4.82. The highest BCUT2D eigenvalue weighted by atomic mass is 32.2. The van der Waals surface area contributed by atoms with E-state index < -0.39 is 57.8 Å². The van der Waals surface area contributed by atoms with Crippen LogP contribution in [0.4, 0.5) is 0 Å². The number of hydrogen-bond acceptors (Lipinski definition) is 8. The lowest BCUT2D eigenvalue weighted by atomic mass is 9.94. The molecule has 27 heavy (non-hydrogen) atoms. The molecule has 0 aliphatic carbocycles. The number of nitrogens with zero attached hydrogens (tertiary/aromatic N) is 1. The van der Waals surface area contributed by atoms with Gasteiger partial charge in [-0.3, -0.25) is 23.7 Å². The highest BCUT2D eigenvalue weighted by molar-refractivity contribution is 7.84. The zero-order chi connectivity index (χ0) is 21.2. The topological polar surface area (TPSA) is 205 Å². The van der Waals surface area contributed by atoms with Crippen molar-refractivity contribution < 1.29 is 42.0 Å². The summed E-state index contributed by atoms with van der Waals surface area (Å²) in [6.45, 7) is 2.53. The Labute approximate surface area is 155 Å². The Hall–Kier alpha value is -2.29. The van der Waals surface area contributed by atoms with Crippen molar-refractivity contribution in [2.24, 2.45) is 5.73 Å². The highest BCUT2D eigenvalue weighted by Crippen LogP contribution is 2.33. The van der Waals surface area contributed by atoms with E-state index in [0.29, 0.717) is 0 Å². The van der Waals surface area contributed by atoms with E-state index in [2.05, 4.69) is 10.6 Å². The number of methoxy groups -OCH3 is 1. The molecule has 0 radical (unpaired) electrons. The maximum absolute atomic E-state index is 12.2. The van der Waals surface area contributed by atoms with Gasteiger partial charge in [0, 0.05) is 13.5 Å². The lowest BCUT2D eigenvalue weighted by molar-refractivity contribution is -0.193. The monoisotopic (exact) mass is 410 g/mol. The fourth-order valence-electron chi connectivity index (χ4n) is 2.47. The van der Waals surface area contributed by atoms with E-state index >= 15 is 0 Å². The van der Waals surface area contributed by atoms with E-state index in [-0.39, 0.29) is 17.1 Å². The van der Waals surface area contributed by atoms with Crippen LogP contribution in [0.15, 0.2) is 0 Å². The number of hydrogen-bond donors (Lipinski definition) is 5. The zero-order valence-corrected chi connectivity index (χ0v) is 15.6. The first-order valence-corrected chi connectivity index (χ1v) is 9.13. The molecule has 1 saturated heterocycles. The van der Waals surface area contributed by atoms with Crippen LogP contribution in [0.1, 0.15) is 26.7 Å². The molecule has 3 amide bonds. The summed E-state index contributed by atoms with van der Waals surface area (Å²) in [6, 6.07) is -3.60. The summed E-state index contributed by atoms with van der Waals surface area (Å²) < 4.78 is 36.4. The second-order valence-corrected chi connectivity index (χ2v) is 7.25. The Balaban J connectivity index is 2.70. The molecule has 0 saturated carbocycles. The fraction of sp³-hybridized carbons (Fsp3) is 0.692. The minimum Gasteiger partial charge on any atom is -0.480 e. The molecule has 14 heteroatoms. The van der Waals surface area contributed by atoms with Crippen molar-refractivity contribution in [2.75, 3.05) is 7.11 Å². The van der Waals surface area contributed by atoms with Crippen LogP contribution < -0.4 is 16.4 Å². The molecule has 1 aliphatic heterocycles. The first-order valence-electron chi connectivity index (χ1n) is 7.74. The number of carbonyl (C=O) groups is 4. The van der Waals surface area contributed by atoms with Crippen molar-refractivity contribution in [3.63, 3.8) is 0 Å². The summed E-state index contributed by atoms with van der Waals surface area (Å²) in [5, 5.41) is 13.2. The second kappa shape index (κ2) is 8.16. The number of β-lactam (4-membered cyclic amide) rings is 1. The molecule has 6 N–H and O–H groups in total. The van der Waals surface area contributed by atoms with Gasteiger partial charge in [-0.25, -0.2) is 4.31 Å². The summed E-state index contributed by atoms with van der Waals surface area (Å²) in [6.07, 6.45) is -0.386. The van der Waals surface area contributed by atoms with Crippen LogP contribution in [0.2, 0.25) is 0 Å². The van der Waals surface area contributed by atoms with Crippen molar-refractivity contribution in [2.45, 2.75) is 50.5 Å². The lowest BCUT2D eigenvalue weighted by Gasteiger charge is -2.50. The third-order valence-electron chi connectivity index (χ3n) is 4.11. The predicted octanol–water partition coefficient (Wildman–Crippen LogP) is -2.82. The number of amides is 3. The summed E-state index contributed by atoms with van der Waals surface area (Å²) >= 11 is 0. The van der Waals surface area contributed by atoms with E-state index in [1.807, 2.05) is 0 Å². The van der Waals surface area contributed by atoms with Gasteiger partial charge in [-0.15, -0.1) is 0 Å². The third-order valence-corrected chi connectivity index (χ3v) is 5.09. The van der Waals surface area contributed by atoms with E-state index in [4.69, 9.17) is 20.1 Å². The molecule has 1 rings (SSSR count). The molecular weight excluding hydrogens is 388 g/mol. The number of nitrogens with one attached hydrogen (secondary N) is 2. The van der Waals surface area contributed by atoms with Gasteiger partial charge in [0.05, 0.1) is 0 Å². The number of carboxylic acids is 1. The standard InChI is InChI=1S/C13H22N4O9S/c1-6(15-9(18)5-4-8(14)11(20)21)10(19)16-13(26-3)7(2)17(12(13)22)27(23,24)25/h6-8H,4-5,14H2,1-3H3,(H,15,18)(H,16,19)(H,20,21)(H,23,24,25)/t6-,7-,8+,13-/m1/s1. The smallest absolute Gasteiger partial charge is 0.362 e. The Bertz CT molecular complexity index is 740. The normalized spacial score (nSPS) is 24.6. The number of carbonyl (C=O) groups excluding carboxylic acids is 3. The van der Waals surface area contributed by atoms with Gasteiger partial charge in [-0.2, -0.15) is 8.42 Å². The van der Waals surface area contributed by atoms with Crippen LogP contribution in [0.25, 0.3) is 0 Å². The summed E-state index contributed by atoms with van der Waals surface area (Å²) in [7, 11) is -3.76. The van der Waals surface area contributed by atoms with Gasteiger partial charge in [0.2, 0.25) is 17.5 Å². The van der Waals surface area contributed by atoms with E-state index in [1.165, 1.54) is 13.8 Å². The lowest BCUT2D eigenvalue weighted by Crippen LogP contribution is -2.81. The average Bonchev–Trinajstić information content (AvgIpc) is 2.55. The van der Waals surface area contributed by atoms with Crippen molar-refractivity contribution in [3.05, 3.63) is 0 Å².